The first kappa shape index (κ1) is 24.8. The molecule has 3 aromatic carbocycles. The van der Waals surface area contributed by atoms with Crippen molar-refractivity contribution in [2.45, 2.75) is 9.79 Å². The number of hydrogen-bond acceptors (Lipinski definition) is 5. The van der Waals surface area contributed by atoms with Crippen LogP contribution in [-0.2, 0) is 20.0 Å². The number of halogens is 4. The second kappa shape index (κ2) is 9.54. The fraction of sp³-hybridized carbons (Fsp3) is 0.0526. The number of benzene rings is 3. The van der Waals surface area contributed by atoms with Gasteiger partial charge in [-0.2, -0.15) is 0 Å². The number of methoxy groups -OCH3 is 1. The fourth-order valence-electron chi connectivity index (χ4n) is 2.58. The van der Waals surface area contributed by atoms with Crippen LogP contribution in [0.15, 0.2) is 64.4 Å². The molecular formula is C19H14Cl4N2O5S2. The predicted octanol–water partition coefficient (Wildman–Crippen LogP) is 5.91. The first-order valence-electron chi connectivity index (χ1n) is 8.58. The van der Waals surface area contributed by atoms with E-state index in [0.29, 0.717) is 0 Å². The number of hydrogen-bond donors (Lipinski definition) is 2. The molecule has 0 atom stereocenters. The molecule has 0 aliphatic heterocycles. The van der Waals surface area contributed by atoms with Gasteiger partial charge >= 0.3 is 0 Å². The highest BCUT2D eigenvalue weighted by atomic mass is 35.5. The molecule has 170 valence electrons. The molecular weight excluding hydrogens is 542 g/mol. The van der Waals surface area contributed by atoms with Crippen molar-refractivity contribution in [2.24, 2.45) is 0 Å². The average Bonchev–Trinajstić information content (AvgIpc) is 2.73. The van der Waals surface area contributed by atoms with E-state index in [2.05, 4.69) is 9.44 Å². The highest BCUT2D eigenvalue weighted by molar-refractivity contribution is 7.93. The van der Waals surface area contributed by atoms with Gasteiger partial charge < -0.3 is 4.74 Å². The summed E-state index contributed by atoms with van der Waals surface area (Å²) < 4.78 is 60.3. The molecule has 3 rings (SSSR count). The van der Waals surface area contributed by atoms with Gasteiger partial charge in [0.1, 0.15) is 15.7 Å². The van der Waals surface area contributed by atoms with Crippen LogP contribution in [0.2, 0.25) is 20.1 Å². The van der Waals surface area contributed by atoms with E-state index in [9.17, 15) is 16.8 Å². The summed E-state index contributed by atoms with van der Waals surface area (Å²) in [5, 5.41) is -0.0179. The van der Waals surface area contributed by atoms with E-state index in [1.165, 1.54) is 55.6 Å². The molecule has 0 aliphatic rings. The van der Waals surface area contributed by atoms with Gasteiger partial charge in [0.15, 0.2) is 0 Å². The number of sulfonamides is 2. The van der Waals surface area contributed by atoms with Crippen LogP contribution in [0.25, 0.3) is 0 Å². The lowest BCUT2D eigenvalue weighted by Crippen LogP contribution is -2.15. The van der Waals surface area contributed by atoms with Gasteiger partial charge in [-0.15, -0.1) is 0 Å². The third-order valence-corrected chi connectivity index (χ3v) is 8.73. The van der Waals surface area contributed by atoms with E-state index in [0.717, 1.165) is 0 Å². The van der Waals surface area contributed by atoms with E-state index in [1.54, 1.807) is 6.07 Å². The lowest BCUT2D eigenvalue weighted by Gasteiger charge is -2.13. The Labute approximate surface area is 205 Å². The highest BCUT2D eigenvalue weighted by Gasteiger charge is 2.23. The van der Waals surface area contributed by atoms with E-state index in [4.69, 9.17) is 51.1 Å². The Kier molecular flexibility index (Phi) is 7.38. The third-order valence-electron chi connectivity index (χ3n) is 4.13. The second-order valence-corrected chi connectivity index (χ2v) is 11.1. The lowest BCUT2D eigenvalue weighted by molar-refractivity contribution is 0.414. The molecule has 0 radical (unpaired) electrons. The summed E-state index contributed by atoms with van der Waals surface area (Å²) >= 11 is 24.0. The van der Waals surface area contributed by atoms with Crippen molar-refractivity contribution in [3.8, 4) is 5.75 Å². The van der Waals surface area contributed by atoms with Crippen LogP contribution in [0.3, 0.4) is 0 Å². The molecule has 7 nitrogen and oxygen atoms in total. The van der Waals surface area contributed by atoms with Crippen molar-refractivity contribution < 1.29 is 21.6 Å². The van der Waals surface area contributed by atoms with Gasteiger partial charge in [0, 0.05) is 5.69 Å². The SMILES string of the molecule is COc1ccc(S(=O)(=O)Nc2ccc(S(=O)(=O)Nc3cccc(Cl)c3Cl)cc2)c(Cl)c1Cl. The maximum atomic E-state index is 12.7. The fourth-order valence-corrected chi connectivity index (χ4v) is 5.95. The topological polar surface area (TPSA) is 102 Å². The second-order valence-electron chi connectivity index (χ2n) is 6.23. The van der Waals surface area contributed by atoms with Crippen LogP contribution in [0.1, 0.15) is 0 Å². The largest absolute Gasteiger partial charge is 0.495 e. The van der Waals surface area contributed by atoms with Gasteiger partial charge in [-0.25, -0.2) is 16.8 Å². The molecule has 13 heteroatoms. The maximum absolute atomic E-state index is 12.7. The van der Waals surface area contributed by atoms with E-state index < -0.39 is 20.0 Å². The molecule has 0 saturated carbocycles. The first-order valence-corrected chi connectivity index (χ1v) is 13.1. The minimum absolute atomic E-state index is 0.0516. The molecule has 0 aliphatic carbocycles. The average molecular weight is 556 g/mol. The molecule has 0 amide bonds. The van der Waals surface area contributed by atoms with E-state index in [-0.39, 0.29) is 47.0 Å². The van der Waals surface area contributed by atoms with Crippen molar-refractivity contribution in [3.05, 3.63) is 74.7 Å². The molecule has 3 aromatic rings. The highest BCUT2D eigenvalue weighted by Crippen LogP contribution is 2.37. The van der Waals surface area contributed by atoms with Gasteiger partial charge in [-0.05, 0) is 48.5 Å². The quantitative estimate of drug-likeness (QED) is 0.377. The zero-order valence-corrected chi connectivity index (χ0v) is 20.7. The molecule has 0 saturated heterocycles. The zero-order valence-electron chi connectivity index (χ0n) is 16.1. The number of rotatable bonds is 7. The van der Waals surface area contributed by atoms with Crippen molar-refractivity contribution in [2.75, 3.05) is 16.6 Å². The van der Waals surface area contributed by atoms with Gasteiger partial charge in [0.25, 0.3) is 20.0 Å². The summed E-state index contributed by atoms with van der Waals surface area (Å²) in [6.45, 7) is 0. The Morgan fingerprint density at radius 1 is 0.719 bits per heavy atom. The van der Waals surface area contributed by atoms with Crippen LogP contribution in [0, 0.1) is 0 Å². The number of ether oxygens (including phenoxy) is 1. The summed E-state index contributed by atoms with van der Waals surface area (Å²) in [6.07, 6.45) is 0. The van der Waals surface area contributed by atoms with Gasteiger partial charge in [-0.1, -0.05) is 52.5 Å². The standard InChI is InChI=1S/C19H14Cl4N2O5S2/c1-30-15-9-10-16(19(23)18(15)22)32(28,29)24-11-5-7-12(8-6-11)31(26,27)25-14-4-2-3-13(20)17(14)21/h2-10,24-25H,1H3. The maximum Gasteiger partial charge on any atom is 0.263 e. The van der Waals surface area contributed by atoms with Gasteiger partial charge in [0.05, 0.1) is 32.8 Å². The van der Waals surface area contributed by atoms with Crippen LogP contribution < -0.4 is 14.2 Å². The predicted molar refractivity (Wildman–Crippen MR) is 128 cm³/mol. The summed E-state index contributed by atoms with van der Waals surface area (Å²) in [6, 6.07) is 12.1. The number of anilines is 2. The van der Waals surface area contributed by atoms with Crippen molar-refractivity contribution in [1.29, 1.82) is 0 Å². The summed E-state index contributed by atoms with van der Waals surface area (Å²) in [4.78, 5) is -0.388. The lowest BCUT2D eigenvalue weighted by atomic mass is 10.3. The van der Waals surface area contributed by atoms with Gasteiger partial charge in [0.2, 0.25) is 0 Å². The minimum atomic E-state index is -4.12. The van der Waals surface area contributed by atoms with E-state index in [1.807, 2.05) is 0 Å². The molecule has 32 heavy (non-hydrogen) atoms. The Balaban J connectivity index is 1.84. The zero-order chi connectivity index (χ0) is 23.7. The molecule has 0 bridgehead atoms. The Bertz CT molecular complexity index is 1380. The van der Waals surface area contributed by atoms with Crippen LogP contribution in [-0.4, -0.2) is 23.9 Å². The summed E-state index contributed by atoms with van der Waals surface area (Å²) in [5.74, 6) is 0.220. The van der Waals surface area contributed by atoms with E-state index >= 15 is 0 Å². The minimum Gasteiger partial charge on any atom is -0.495 e. The molecule has 2 N–H and O–H groups in total. The van der Waals surface area contributed by atoms with Crippen LogP contribution in [0.5, 0.6) is 5.75 Å². The van der Waals surface area contributed by atoms with Crippen molar-refractivity contribution in [3.63, 3.8) is 0 Å². The van der Waals surface area contributed by atoms with Crippen LogP contribution >= 0.6 is 46.4 Å². The Morgan fingerprint density at radius 3 is 2.00 bits per heavy atom. The number of nitrogens with one attached hydrogen (secondary N) is 2. The molecule has 0 heterocycles. The summed E-state index contributed by atoms with van der Waals surface area (Å²) in [5.41, 5.74) is 0.211. The van der Waals surface area contributed by atoms with Gasteiger partial charge in [-0.3, -0.25) is 9.44 Å². The normalized spacial score (nSPS) is 11.8. The van der Waals surface area contributed by atoms with Crippen molar-refractivity contribution in [1.82, 2.24) is 0 Å². The Hall–Kier alpha value is -1.88. The summed E-state index contributed by atoms with van der Waals surface area (Å²) in [7, 11) is -6.76. The first-order chi connectivity index (χ1) is 15.0. The Morgan fingerprint density at radius 2 is 1.38 bits per heavy atom. The molecule has 0 spiro atoms. The third kappa shape index (κ3) is 5.19. The monoisotopic (exact) mass is 554 g/mol. The molecule has 0 fully saturated rings. The smallest absolute Gasteiger partial charge is 0.263 e. The van der Waals surface area contributed by atoms with Crippen LogP contribution in [0.4, 0.5) is 11.4 Å². The van der Waals surface area contributed by atoms with Crippen molar-refractivity contribution >= 4 is 77.8 Å². The molecule has 0 aromatic heterocycles. The molecule has 0 unspecified atom stereocenters.